The van der Waals surface area contributed by atoms with Crippen LogP contribution in [0.15, 0.2) is 72.8 Å². The summed E-state index contributed by atoms with van der Waals surface area (Å²) in [6, 6.07) is 21.8. The molecule has 4 heteroatoms. The largest absolute Gasteiger partial charge is 0.367 e. The second kappa shape index (κ2) is 8.20. The third-order valence-electron chi connectivity index (χ3n) is 5.82. The van der Waals surface area contributed by atoms with Crippen molar-refractivity contribution in [1.29, 1.82) is 0 Å². The van der Waals surface area contributed by atoms with Crippen molar-refractivity contribution in [3.63, 3.8) is 0 Å². The van der Waals surface area contributed by atoms with Gasteiger partial charge in [0.1, 0.15) is 0 Å². The second-order valence-corrected chi connectivity index (χ2v) is 9.73. The molecule has 1 aliphatic heterocycles. The fourth-order valence-electron chi connectivity index (χ4n) is 4.06. The molecular formula is C26H21ClINO. The van der Waals surface area contributed by atoms with Gasteiger partial charge in [-0.3, -0.25) is 4.79 Å². The van der Waals surface area contributed by atoms with Crippen molar-refractivity contribution >= 4 is 51.2 Å². The van der Waals surface area contributed by atoms with E-state index in [1.807, 2.05) is 6.07 Å². The molecule has 0 atom stereocenters. The van der Waals surface area contributed by atoms with Gasteiger partial charge in [-0.2, -0.15) is 0 Å². The first-order valence-electron chi connectivity index (χ1n) is 10.2. The molecule has 0 spiro atoms. The standard InChI is InChI=1S/C26H21ClINO/c27-21-9-6-18(7-10-21)26(30)20-8-11-25-24(15-20)23(19-2-1-3-22(28)14-19)12-13-29(25)16-17-4-5-17/h1-3,6-12,14-15,17H,4-5,13,16H2. The molecule has 2 nitrogen and oxygen atoms in total. The van der Waals surface area contributed by atoms with Crippen molar-refractivity contribution in [3.8, 4) is 0 Å². The van der Waals surface area contributed by atoms with Crippen molar-refractivity contribution in [2.75, 3.05) is 18.0 Å². The van der Waals surface area contributed by atoms with Gasteiger partial charge in [0, 0.05) is 44.1 Å². The van der Waals surface area contributed by atoms with Crippen LogP contribution in [0.4, 0.5) is 5.69 Å². The highest BCUT2D eigenvalue weighted by Gasteiger charge is 2.28. The first-order valence-corrected chi connectivity index (χ1v) is 11.7. The van der Waals surface area contributed by atoms with Gasteiger partial charge in [0.25, 0.3) is 0 Å². The van der Waals surface area contributed by atoms with Crippen molar-refractivity contribution in [2.45, 2.75) is 12.8 Å². The average molecular weight is 526 g/mol. The maximum absolute atomic E-state index is 13.1. The lowest BCUT2D eigenvalue weighted by atomic mass is 9.90. The van der Waals surface area contributed by atoms with Gasteiger partial charge in [0.2, 0.25) is 0 Å². The average Bonchev–Trinajstić information content (AvgIpc) is 3.58. The zero-order chi connectivity index (χ0) is 20.7. The third-order valence-corrected chi connectivity index (χ3v) is 6.75. The molecule has 0 aromatic heterocycles. The second-order valence-electron chi connectivity index (χ2n) is 8.04. The minimum Gasteiger partial charge on any atom is -0.367 e. The Morgan fingerprint density at radius 1 is 1.00 bits per heavy atom. The topological polar surface area (TPSA) is 20.3 Å². The molecule has 0 saturated heterocycles. The number of halogens is 2. The lowest BCUT2D eigenvalue weighted by Gasteiger charge is -2.31. The summed E-state index contributed by atoms with van der Waals surface area (Å²) in [5.41, 5.74) is 6.15. The van der Waals surface area contributed by atoms with E-state index in [-0.39, 0.29) is 5.78 Å². The lowest BCUT2D eigenvalue weighted by Crippen LogP contribution is -2.29. The summed E-state index contributed by atoms with van der Waals surface area (Å²) >= 11 is 8.35. The molecule has 150 valence electrons. The zero-order valence-electron chi connectivity index (χ0n) is 16.4. The van der Waals surface area contributed by atoms with E-state index in [0.29, 0.717) is 16.1 Å². The Balaban J connectivity index is 1.57. The number of hydrogen-bond donors (Lipinski definition) is 0. The van der Waals surface area contributed by atoms with E-state index in [4.69, 9.17) is 11.6 Å². The quantitative estimate of drug-likeness (QED) is 0.269. The normalized spacial score (nSPS) is 15.5. The van der Waals surface area contributed by atoms with Crippen LogP contribution in [0.5, 0.6) is 0 Å². The van der Waals surface area contributed by atoms with E-state index in [1.165, 1.54) is 33.2 Å². The number of carbonyl (C=O) groups is 1. The molecule has 0 amide bonds. The van der Waals surface area contributed by atoms with Gasteiger partial charge in [-0.15, -0.1) is 0 Å². The highest BCUT2D eigenvalue weighted by atomic mass is 127. The smallest absolute Gasteiger partial charge is 0.193 e. The van der Waals surface area contributed by atoms with E-state index in [9.17, 15) is 4.79 Å². The molecule has 0 unspecified atom stereocenters. The Morgan fingerprint density at radius 2 is 1.77 bits per heavy atom. The van der Waals surface area contributed by atoms with Crippen LogP contribution in [0, 0.1) is 9.49 Å². The summed E-state index contributed by atoms with van der Waals surface area (Å²) in [5.74, 6) is 0.830. The van der Waals surface area contributed by atoms with E-state index in [2.05, 4.69) is 70.0 Å². The summed E-state index contributed by atoms with van der Waals surface area (Å²) in [6.07, 6.45) is 4.96. The third kappa shape index (κ3) is 4.06. The van der Waals surface area contributed by atoms with Gasteiger partial charge in [0.05, 0.1) is 0 Å². The molecule has 5 rings (SSSR count). The van der Waals surface area contributed by atoms with Gasteiger partial charge < -0.3 is 4.90 Å². The fraction of sp³-hybridized carbons (Fsp3) is 0.192. The van der Waals surface area contributed by atoms with E-state index in [0.717, 1.165) is 24.6 Å². The van der Waals surface area contributed by atoms with Crippen LogP contribution >= 0.6 is 34.2 Å². The van der Waals surface area contributed by atoms with Gasteiger partial charge in [-0.05, 0) is 107 Å². The first-order chi connectivity index (χ1) is 14.6. The van der Waals surface area contributed by atoms with Crippen LogP contribution in [0.25, 0.3) is 5.57 Å². The highest BCUT2D eigenvalue weighted by Crippen LogP contribution is 2.39. The number of anilines is 1. The van der Waals surface area contributed by atoms with Crippen molar-refractivity contribution in [1.82, 2.24) is 0 Å². The number of carbonyl (C=O) groups excluding carboxylic acids is 1. The number of ketones is 1. The van der Waals surface area contributed by atoms with Crippen molar-refractivity contribution < 1.29 is 4.79 Å². The van der Waals surface area contributed by atoms with Crippen LogP contribution < -0.4 is 4.90 Å². The lowest BCUT2D eigenvalue weighted by molar-refractivity contribution is 0.103. The van der Waals surface area contributed by atoms with E-state index >= 15 is 0 Å². The molecule has 1 saturated carbocycles. The van der Waals surface area contributed by atoms with Crippen LogP contribution in [-0.4, -0.2) is 18.9 Å². The molecule has 1 aliphatic carbocycles. The maximum atomic E-state index is 13.1. The van der Waals surface area contributed by atoms with Crippen molar-refractivity contribution in [3.05, 3.63) is 104 Å². The zero-order valence-corrected chi connectivity index (χ0v) is 19.4. The summed E-state index contributed by atoms with van der Waals surface area (Å²) in [7, 11) is 0. The molecular weight excluding hydrogens is 505 g/mol. The SMILES string of the molecule is O=C(c1ccc(Cl)cc1)c1ccc2c(c1)C(c1cccc(I)c1)=CCN2CC1CC1. The number of fused-ring (bicyclic) bond motifs is 1. The number of benzene rings is 3. The number of nitrogens with zero attached hydrogens (tertiary/aromatic N) is 1. The van der Waals surface area contributed by atoms with Gasteiger partial charge in [-0.1, -0.05) is 29.8 Å². The minimum absolute atomic E-state index is 0.0239. The van der Waals surface area contributed by atoms with Gasteiger partial charge in [0.15, 0.2) is 5.78 Å². The van der Waals surface area contributed by atoms with Crippen LogP contribution in [0.2, 0.25) is 5.02 Å². The summed E-state index contributed by atoms with van der Waals surface area (Å²) < 4.78 is 1.21. The van der Waals surface area contributed by atoms with Gasteiger partial charge >= 0.3 is 0 Å². The van der Waals surface area contributed by atoms with Crippen LogP contribution in [0.1, 0.15) is 39.9 Å². The predicted octanol–water partition coefficient (Wildman–Crippen LogP) is 6.84. The first kappa shape index (κ1) is 19.8. The summed E-state index contributed by atoms with van der Waals surface area (Å²) in [5, 5.41) is 0.636. The molecule has 0 bridgehead atoms. The molecule has 0 radical (unpaired) electrons. The fourth-order valence-corrected chi connectivity index (χ4v) is 4.73. The van der Waals surface area contributed by atoms with Crippen molar-refractivity contribution in [2.24, 2.45) is 5.92 Å². The van der Waals surface area contributed by atoms with E-state index < -0.39 is 0 Å². The molecule has 0 N–H and O–H groups in total. The molecule has 3 aromatic rings. The summed E-state index contributed by atoms with van der Waals surface area (Å²) in [4.78, 5) is 15.6. The van der Waals surface area contributed by atoms with Crippen LogP contribution in [0.3, 0.4) is 0 Å². The number of rotatable bonds is 5. The highest BCUT2D eigenvalue weighted by molar-refractivity contribution is 14.1. The van der Waals surface area contributed by atoms with E-state index in [1.54, 1.807) is 24.3 Å². The van der Waals surface area contributed by atoms with Crippen LogP contribution in [-0.2, 0) is 0 Å². The molecule has 2 aliphatic rings. The Labute approximate surface area is 195 Å². The monoisotopic (exact) mass is 525 g/mol. The Hall–Kier alpha value is -2.11. The van der Waals surface area contributed by atoms with Gasteiger partial charge in [-0.25, -0.2) is 0 Å². The number of hydrogen-bond acceptors (Lipinski definition) is 2. The Kier molecular flexibility index (Phi) is 5.42. The Morgan fingerprint density at radius 3 is 2.50 bits per heavy atom. The minimum atomic E-state index is 0.0239. The molecule has 1 heterocycles. The molecule has 1 fully saturated rings. The maximum Gasteiger partial charge on any atom is 0.193 e. The molecule has 3 aromatic carbocycles. The summed E-state index contributed by atoms with van der Waals surface area (Å²) in [6.45, 7) is 2.00. The predicted molar refractivity (Wildman–Crippen MR) is 133 cm³/mol. The Bertz CT molecular complexity index is 1150. The molecule has 30 heavy (non-hydrogen) atoms.